The Kier molecular flexibility index (Phi) is 2.66. The van der Waals surface area contributed by atoms with Gasteiger partial charge in [-0.25, -0.2) is 4.39 Å². The normalized spacial score (nSPS) is 9.17. The first-order chi connectivity index (χ1) is 5.69. The summed E-state index contributed by atoms with van der Waals surface area (Å²) in [6.45, 7) is 0. The minimum absolute atomic E-state index is 0.126. The molecule has 0 fully saturated rings. The van der Waals surface area contributed by atoms with Crippen LogP contribution in [0.3, 0.4) is 0 Å². The summed E-state index contributed by atoms with van der Waals surface area (Å²) in [5.74, 6) is -0.405. The van der Waals surface area contributed by atoms with Crippen LogP contribution in [0.5, 0.6) is 5.75 Å². The van der Waals surface area contributed by atoms with E-state index in [0.717, 1.165) is 6.07 Å². The lowest BCUT2D eigenvalue weighted by Gasteiger charge is -2.02. The Hall–Kier alpha value is -1.08. The molecular formula is C8H5BrFNO. The summed E-state index contributed by atoms with van der Waals surface area (Å²) in [6.07, 6.45) is 0. The van der Waals surface area contributed by atoms with Gasteiger partial charge in [0.05, 0.1) is 12.7 Å². The van der Waals surface area contributed by atoms with Crippen LogP contribution in [0.25, 0.3) is 0 Å². The molecule has 0 radical (unpaired) electrons. The number of hydrogen-bond acceptors (Lipinski definition) is 2. The molecule has 0 saturated carbocycles. The lowest BCUT2D eigenvalue weighted by Crippen LogP contribution is -1.89. The number of nitriles is 1. The average molecular weight is 230 g/mol. The molecule has 0 amide bonds. The summed E-state index contributed by atoms with van der Waals surface area (Å²) < 4.78 is 18.2. The molecule has 0 aliphatic heterocycles. The largest absolute Gasteiger partial charge is 0.494 e. The zero-order valence-electron chi connectivity index (χ0n) is 6.27. The molecule has 0 spiro atoms. The first kappa shape index (κ1) is 9.01. The third-order valence-corrected chi connectivity index (χ3v) is 2.02. The lowest BCUT2D eigenvalue weighted by atomic mass is 10.2. The van der Waals surface area contributed by atoms with Crippen LogP contribution in [0.15, 0.2) is 16.6 Å². The van der Waals surface area contributed by atoms with Crippen molar-refractivity contribution in [2.24, 2.45) is 0 Å². The summed E-state index contributed by atoms with van der Waals surface area (Å²) in [4.78, 5) is 0. The second-order valence-corrected chi connectivity index (χ2v) is 2.93. The second kappa shape index (κ2) is 3.55. The van der Waals surface area contributed by atoms with Crippen LogP contribution in [0.4, 0.5) is 4.39 Å². The molecule has 0 N–H and O–H groups in total. The van der Waals surface area contributed by atoms with Gasteiger partial charge < -0.3 is 4.74 Å². The van der Waals surface area contributed by atoms with Gasteiger partial charge in [0, 0.05) is 4.47 Å². The van der Waals surface area contributed by atoms with E-state index in [4.69, 9.17) is 10.00 Å². The predicted octanol–water partition coefficient (Wildman–Crippen LogP) is 2.47. The summed E-state index contributed by atoms with van der Waals surface area (Å²) in [6, 6.07) is 4.40. The van der Waals surface area contributed by atoms with E-state index in [1.165, 1.54) is 13.2 Å². The van der Waals surface area contributed by atoms with Crippen LogP contribution in [0.1, 0.15) is 5.56 Å². The van der Waals surface area contributed by atoms with Crippen LogP contribution in [-0.4, -0.2) is 7.11 Å². The fourth-order valence-electron chi connectivity index (χ4n) is 0.771. The highest BCUT2D eigenvalue weighted by Gasteiger charge is 2.07. The highest BCUT2D eigenvalue weighted by atomic mass is 79.9. The molecule has 1 aromatic carbocycles. The topological polar surface area (TPSA) is 33.0 Å². The number of benzene rings is 1. The molecule has 0 aromatic heterocycles. The Bertz CT molecular complexity index is 345. The van der Waals surface area contributed by atoms with Gasteiger partial charge in [0.2, 0.25) is 0 Å². The summed E-state index contributed by atoms with van der Waals surface area (Å²) >= 11 is 3.11. The molecule has 0 atom stereocenters. The van der Waals surface area contributed by atoms with Crippen LogP contribution < -0.4 is 4.74 Å². The van der Waals surface area contributed by atoms with Crippen LogP contribution in [0.2, 0.25) is 0 Å². The minimum Gasteiger partial charge on any atom is -0.494 e. The van der Waals surface area contributed by atoms with Crippen molar-refractivity contribution in [3.05, 3.63) is 28.0 Å². The predicted molar refractivity (Wildman–Crippen MR) is 45.4 cm³/mol. The van der Waals surface area contributed by atoms with Crippen LogP contribution in [-0.2, 0) is 0 Å². The SMILES string of the molecule is COc1cc(Br)c(C#N)cc1F. The fraction of sp³-hybridized carbons (Fsp3) is 0.125. The number of methoxy groups -OCH3 is 1. The Morgan fingerprint density at radius 3 is 2.75 bits per heavy atom. The van der Waals surface area contributed by atoms with Crippen LogP contribution in [0, 0.1) is 17.1 Å². The molecule has 1 rings (SSSR count). The number of rotatable bonds is 1. The first-order valence-corrected chi connectivity index (χ1v) is 3.91. The van der Waals surface area contributed by atoms with Crippen LogP contribution >= 0.6 is 15.9 Å². The van der Waals surface area contributed by atoms with Crippen molar-refractivity contribution in [3.63, 3.8) is 0 Å². The van der Waals surface area contributed by atoms with Gasteiger partial charge in [0.1, 0.15) is 6.07 Å². The molecule has 62 valence electrons. The van der Waals surface area contributed by atoms with E-state index < -0.39 is 5.82 Å². The van der Waals surface area contributed by atoms with Gasteiger partial charge in [-0.2, -0.15) is 5.26 Å². The third kappa shape index (κ3) is 1.56. The molecule has 0 unspecified atom stereocenters. The maximum atomic E-state index is 12.9. The maximum absolute atomic E-state index is 12.9. The Morgan fingerprint density at radius 1 is 1.58 bits per heavy atom. The molecule has 0 heterocycles. The van der Waals surface area contributed by atoms with E-state index in [2.05, 4.69) is 15.9 Å². The first-order valence-electron chi connectivity index (χ1n) is 3.12. The smallest absolute Gasteiger partial charge is 0.166 e. The number of hydrogen-bond donors (Lipinski definition) is 0. The molecule has 12 heavy (non-hydrogen) atoms. The van der Waals surface area contributed by atoms with Crippen molar-refractivity contribution in [2.45, 2.75) is 0 Å². The van der Waals surface area contributed by atoms with Crippen molar-refractivity contribution in [3.8, 4) is 11.8 Å². The molecule has 4 heteroatoms. The zero-order chi connectivity index (χ0) is 9.14. The van der Waals surface area contributed by atoms with Gasteiger partial charge in [0.15, 0.2) is 11.6 Å². The monoisotopic (exact) mass is 229 g/mol. The number of halogens is 2. The Balaban J connectivity index is 3.28. The van der Waals surface area contributed by atoms with Gasteiger partial charge >= 0.3 is 0 Å². The highest BCUT2D eigenvalue weighted by Crippen LogP contribution is 2.25. The molecular weight excluding hydrogens is 225 g/mol. The standard InChI is InChI=1S/C8H5BrFNO/c1-12-8-3-6(9)5(4-11)2-7(8)10/h2-3H,1H3. The molecule has 0 aliphatic carbocycles. The highest BCUT2D eigenvalue weighted by molar-refractivity contribution is 9.10. The Labute approximate surface area is 77.7 Å². The Morgan fingerprint density at radius 2 is 2.25 bits per heavy atom. The van der Waals surface area contributed by atoms with E-state index in [1.54, 1.807) is 0 Å². The molecule has 2 nitrogen and oxygen atoms in total. The number of nitrogens with zero attached hydrogens (tertiary/aromatic N) is 1. The quantitative estimate of drug-likeness (QED) is 0.742. The fourth-order valence-corrected chi connectivity index (χ4v) is 1.18. The third-order valence-electron chi connectivity index (χ3n) is 1.36. The van der Waals surface area contributed by atoms with E-state index in [9.17, 15) is 4.39 Å². The summed E-state index contributed by atoms with van der Waals surface area (Å²) in [5, 5.41) is 8.52. The van der Waals surface area contributed by atoms with Gasteiger partial charge in [0.25, 0.3) is 0 Å². The van der Waals surface area contributed by atoms with Gasteiger partial charge in [-0.1, -0.05) is 0 Å². The summed E-state index contributed by atoms with van der Waals surface area (Å²) in [7, 11) is 1.37. The average Bonchev–Trinajstić information content (AvgIpc) is 2.08. The lowest BCUT2D eigenvalue weighted by molar-refractivity contribution is 0.386. The zero-order valence-corrected chi connectivity index (χ0v) is 7.85. The van der Waals surface area contributed by atoms with Crippen molar-refractivity contribution in [1.82, 2.24) is 0 Å². The van der Waals surface area contributed by atoms with E-state index in [1.807, 2.05) is 6.07 Å². The van der Waals surface area contributed by atoms with Crippen molar-refractivity contribution >= 4 is 15.9 Å². The molecule has 0 saturated heterocycles. The second-order valence-electron chi connectivity index (χ2n) is 2.08. The van der Waals surface area contributed by atoms with E-state index >= 15 is 0 Å². The van der Waals surface area contributed by atoms with Gasteiger partial charge in [-0.15, -0.1) is 0 Å². The van der Waals surface area contributed by atoms with E-state index in [0.29, 0.717) is 4.47 Å². The van der Waals surface area contributed by atoms with Gasteiger partial charge in [-0.05, 0) is 28.1 Å². The maximum Gasteiger partial charge on any atom is 0.166 e. The van der Waals surface area contributed by atoms with E-state index in [-0.39, 0.29) is 11.3 Å². The molecule has 0 bridgehead atoms. The van der Waals surface area contributed by atoms with Crippen molar-refractivity contribution < 1.29 is 9.13 Å². The summed E-state index contributed by atoms with van der Waals surface area (Å²) in [5.41, 5.74) is 0.258. The molecule has 1 aromatic rings. The van der Waals surface area contributed by atoms with Gasteiger partial charge in [-0.3, -0.25) is 0 Å². The van der Waals surface area contributed by atoms with Crippen molar-refractivity contribution in [1.29, 1.82) is 5.26 Å². The minimum atomic E-state index is -0.530. The number of ether oxygens (including phenoxy) is 1. The molecule has 0 aliphatic rings. The van der Waals surface area contributed by atoms with Crippen molar-refractivity contribution in [2.75, 3.05) is 7.11 Å².